The number of nitrogens with two attached hydrogens (primary N) is 1. The van der Waals surface area contributed by atoms with Crippen molar-refractivity contribution in [2.24, 2.45) is 5.73 Å². The highest BCUT2D eigenvalue weighted by molar-refractivity contribution is 6.33. The summed E-state index contributed by atoms with van der Waals surface area (Å²) in [6.07, 6.45) is 0. The van der Waals surface area contributed by atoms with Crippen molar-refractivity contribution in [2.45, 2.75) is 5.92 Å². The zero-order chi connectivity index (χ0) is 21.7. The number of nitrogens with one attached hydrogen (secondary N) is 1. The van der Waals surface area contributed by atoms with Gasteiger partial charge in [-0.2, -0.15) is 0 Å². The second-order valence-corrected chi connectivity index (χ2v) is 7.02. The molecule has 0 aliphatic carbocycles. The van der Waals surface area contributed by atoms with Crippen molar-refractivity contribution < 1.29 is 18.3 Å². The maximum atomic E-state index is 15.1. The van der Waals surface area contributed by atoms with Crippen LogP contribution in [0.25, 0.3) is 11.1 Å². The second-order valence-electron chi connectivity index (χ2n) is 6.64. The van der Waals surface area contributed by atoms with Gasteiger partial charge in [-0.25, -0.2) is 8.78 Å². The smallest absolute Gasteiger partial charge is 0.257 e. The Morgan fingerprint density at radius 2 is 1.80 bits per heavy atom. The monoisotopic (exact) mass is 430 g/mol. The molecule has 1 unspecified atom stereocenters. The van der Waals surface area contributed by atoms with Crippen LogP contribution in [0.3, 0.4) is 0 Å². The molecule has 0 aliphatic heterocycles. The van der Waals surface area contributed by atoms with Gasteiger partial charge >= 0.3 is 0 Å². The summed E-state index contributed by atoms with van der Waals surface area (Å²) in [6, 6.07) is 16.8. The van der Waals surface area contributed by atoms with Crippen LogP contribution in [0.15, 0.2) is 60.7 Å². The average molecular weight is 431 g/mol. The standard InChI is InChI=1S/C23H21ClF2N2O2/c1-28-21(29)13-30-20-9-5-8-16(23(20)26)17-10-15(11-19(25)22(17)24)18(12-27)14-6-3-2-4-7-14/h2-11,18H,12-13,27H2,1H3,(H,28,29). The summed E-state index contributed by atoms with van der Waals surface area (Å²) in [5.41, 5.74) is 7.71. The number of halogens is 3. The molecule has 0 spiro atoms. The number of benzene rings is 3. The topological polar surface area (TPSA) is 64.3 Å². The molecule has 0 radical (unpaired) electrons. The number of carbonyl (C=O) groups is 1. The molecule has 0 heterocycles. The molecule has 1 atom stereocenters. The Bertz CT molecular complexity index is 1040. The second kappa shape index (κ2) is 9.69. The third-order valence-corrected chi connectivity index (χ3v) is 5.17. The Hall–Kier alpha value is -2.96. The van der Waals surface area contributed by atoms with Gasteiger partial charge in [0, 0.05) is 30.6 Å². The van der Waals surface area contributed by atoms with E-state index in [-0.39, 0.29) is 41.0 Å². The summed E-state index contributed by atoms with van der Waals surface area (Å²) >= 11 is 6.19. The number of amides is 1. The zero-order valence-corrected chi connectivity index (χ0v) is 17.0. The number of likely N-dealkylation sites (N-methyl/N-ethyl adjacent to an activating group) is 1. The van der Waals surface area contributed by atoms with E-state index in [0.29, 0.717) is 5.56 Å². The molecule has 3 aromatic rings. The number of rotatable bonds is 7. The first-order valence-corrected chi connectivity index (χ1v) is 9.70. The van der Waals surface area contributed by atoms with Crippen LogP contribution in [-0.2, 0) is 4.79 Å². The largest absolute Gasteiger partial charge is 0.481 e. The first-order valence-electron chi connectivity index (χ1n) is 9.32. The molecule has 3 N–H and O–H groups in total. The summed E-state index contributed by atoms with van der Waals surface area (Å²) in [7, 11) is 1.45. The lowest BCUT2D eigenvalue weighted by Crippen LogP contribution is -2.25. The molecule has 4 nitrogen and oxygen atoms in total. The van der Waals surface area contributed by atoms with Gasteiger partial charge in [0.25, 0.3) is 5.91 Å². The first kappa shape index (κ1) is 21.7. The fourth-order valence-corrected chi connectivity index (χ4v) is 3.41. The highest BCUT2D eigenvalue weighted by Gasteiger charge is 2.21. The van der Waals surface area contributed by atoms with Crippen LogP contribution >= 0.6 is 11.6 Å². The van der Waals surface area contributed by atoms with Crippen LogP contribution in [-0.4, -0.2) is 26.1 Å². The van der Waals surface area contributed by atoms with Crippen molar-refractivity contribution in [1.82, 2.24) is 5.32 Å². The van der Waals surface area contributed by atoms with Crippen molar-refractivity contribution in [3.8, 4) is 16.9 Å². The summed E-state index contributed by atoms with van der Waals surface area (Å²) in [4.78, 5) is 11.4. The van der Waals surface area contributed by atoms with Crippen LogP contribution < -0.4 is 15.8 Å². The Morgan fingerprint density at radius 3 is 2.47 bits per heavy atom. The highest BCUT2D eigenvalue weighted by atomic mass is 35.5. The molecule has 0 fully saturated rings. The number of carbonyl (C=O) groups excluding carboxylic acids is 1. The van der Waals surface area contributed by atoms with E-state index in [2.05, 4.69) is 5.32 Å². The molecule has 3 aromatic carbocycles. The van der Waals surface area contributed by atoms with Gasteiger partial charge < -0.3 is 15.8 Å². The van der Waals surface area contributed by atoms with Gasteiger partial charge in [-0.15, -0.1) is 0 Å². The van der Waals surface area contributed by atoms with Crippen molar-refractivity contribution in [2.75, 3.05) is 20.2 Å². The Balaban J connectivity index is 2.06. The Morgan fingerprint density at radius 1 is 1.07 bits per heavy atom. The van der Waals surface area contributed by atoms with E-state index < -0.39 is 17.5 Å². The molecule has 0 bridgehead atoms. The van der Waals surface area contributed by atoms with E-state index in [0.717, 1.165) is 5.56 Å². The van der Waals surface area contributed by atoms with E-state index in [1.54, 1.807) is 12.1 Å². The summed E-state index contributed by atoms with van der Waals surface area (Å²) in [5.74, 6) is -2.22. The Labute approximate surface area is 178 Å². The van der Waals surface area contributed by atoms with Crippen LogP contribution in [0.5, 0.6) is 5.75 Å². The molecule has 156 valence electrons. The zero-order valence-electron chi connectivity index (χ0n) is 16.3. The van der Waals surface area contributed by atoms with Crippen LogP contribution in [0.2, 0.25) is 5.02 Å². The van der Waals surface area contributed by atoms with Gasteiger partial charge in [-0.3, -0.25) is 4.79 Å². The number of hydrogen-bond acceptors (Lipinski definition) is 3. The SMILES string of the molecule is CNC(=O)COc1cccc(-c2cc(C(CN)c3ccccc3)cc(F)c2Cl)c1F. The fourth-order valence-electron chi connectivity index (χ4n) is 3.20. The average Bonchev–Trinajstić information content (AvgIpc) is 2.76. The van der Waals surface area contributed by atoms with Crippen molar-refractivity contribution in [3.05, 3.63) is 88.4 Å². The van der Waals surface area contributed by atoms with Gasteiger partial charge in [-0.05, 0) is 29.3 Å². The van der Waals surface area contributed by atoms with Crippen LogP contribution in [0.1, 0.15) is 17.0 Å². The number of ether oxygens (including phenoxy) is 1. The van der Waals surface area contributed by atoms with E-state index in [1.807, 2.05) is 30.3 Å². The Kier molecular flexibility index (Phi) is 7.03. The number of hydrogen-bond donors (Lipinski definition) is 2. The van der Waals surface area contributed by atoms with Crippen LogP contribution in [0.4, 0.5) is 8.78 Å². The minimum Gasteiger partial charge on any atom is -0.481 e. The van der Waals surface area contributed by atoms with E-state index in [1.165, 1.54) is 25.2 Å². The van der Waals surface area contributed by atoms with E-state index in [4.69, 9.17) is 22.1 Å². The van der Waals surface area contributed by atoms with Crippen molar-refractivity contribution in [3.63, 3.8) is 0 Å². The van der Waals surface area contributed by atoms with E-state index in [9.17, 15) is 9.18 Å². The molecule has 30 heavy (non-hydrogen) atoms. The molecule has 0 aliphatic rings. The van der Waals surface area contributed by atoms with Crippen molar-refractivity contribution >= 4 is 17.5 Å². The van der Waals surface area contributed by atoms with Gasteiger partial charge in [0.2, 0.25) is 0 Å². The predicted octanol–water partition coefficient (Wildman–Crippen LogP) is 4.50. The summed E-state index contributed by atoms with van der Waals surface area (Å²) in [6.45, 7) is -0.107. The minimum atomic E-state index is -0.733. The normalized spacial score (nSPS) is 11.8. The molecular formula is C23H21ClF2N2O2. The third kappa shape index (κ3) is 4.61. The van der Waals surface area contributed by atoms with Crippen molar-refractivity contribution in [1.29, 1.82) is 0 Å². The van der Waals surface area contributed by atoms with Gasteiger partial charge in [0.15, 0.2) is 18.2 Å². The fraction of sp³-hybridized carbons (Fsp3) is 0.174. The lowest BCUT2D eigenvalue weighted by atomic mass is 9.89. The van der Waals surface area contributed by atoms with Crippen LogP contribution in [0, 0.1) is 11.6 Å². The molecule has 3 rings (SSSR count). The lowest BCUT2D eigenvalue weighted by Gasteiger charge is -2.19. The minimum absolute atomic E-state index is 0.0685. The molecule has 1 amide bonds. The van der Waals surface area contributed by atoms with Gasteiger partial charge in [-0.1, -0.05) is 54.1 Å². The molecule has 0 saturated carbocycles. The molecule has 7 heteroatoms. The van der Waals surface area contributed by atoms with Gasteiger partial charge in [0.05, 0.1) is 5.02 Å². The predicted molar refractivity (Wildman–Crippen MR) is 114 cm³/mol. The summed E-state index contributed by atoms with van der Waals surface area (Å²) in [5, 5.41) is 2.19. The van der Waals surface area contributed by atoms with E-state index >= 15 is 4.39 Å². The third-order valence-electron chi connectivity index (χ3n) is 4.78. The molecule has 0 saturated heterocycles. The molecular weight excluding hydrogens is 410 g/mol. The molecule has 0 aromatic heterocycles. The van der Waals surface area contributed by atoms with Gasteiger partial charge in [0.1, 0.15) is 5.82 Å². The maximum absolute atomic E-state index is 15.1. The maximum Gasteiger partial charge on any atom is 0.257 e. The summed E-state index contributed by atoms with van der Waals surface area (Å²) < 4.78 is 35.0. The lowest BCUT2D eigenvalue weighted by molar-refractivity contribution is -0.122. The quantitative estimate of drug-likeness (QED) is 0.580. The first-order chi connectivity index (χ1) is 14.5. The highest BCUT2D eigenvalue weighted by Crippen LogP contribution is 2.38.